The van der Waals surface area contributed by atoms with Crippen molar-refractivity contribution in [2.45, 2.75) is 32.4 Å². The Labute approximate surface area is 188 Å². The molecule has 4 rings (SSSR count). The van der Waals surface area contributed by atoms with E-state index in [4.69, 9.17) is 4.74 Å². The van der Waals surface area contributed by atoms with Gasteiger partial charge in [0.15, 0.2) is 0 Å². The lowest BCUT2D eigenvalue weighted by atomic mass is 9.88. The van der Waals surface area contributed by atoms with E-state index in [1.54, 1.807) is 13.3 Å². The van der Waals surface area contributed by atoms with E-state index < -0.39 is 0 Å². The van der Waals surface area contributed by atoms with E-state index in [1.165, 1.54) is 16.9 Å². The Morgan fingerprint density at radius 2 is 2.16 bits per heavy atom. The molecule has 0 spiro atoms. The molecule has 3 aromatic rings. The maximum absolute atomic E-state index is 12.9. The number of ether oxygens (including phenoxy) is 1. The van der Waals surface area contributed by atoms with Gasteiger partial charge in [0.1, 0.15) is 5.75 Å². The van der Waals surface area contributed by atoms with Crippen molar-refractivity contribution in [3.63, 3.8) is 0 Å². The molecule has 1 saturated heterocycles. The van der Waals surface area contributed by atoms with Crippen LogP contribution in [0.5, 0.6) is 5.75 Å². The number of rotatable bonds is 7. The number of aromatic nitrogens is 1. The zero-order chi connectivity index (χ0) is 21.6. The molecular weight excluding hydrogens is 406 g/mol. The molecule has 0 saturated carbocycles. The Bertz CT molecular complexity index is 991. The minimum atomic E-state index is -0.113. The third-order valence-corrected chi connectivity index (χ3v) is 6.81. The summed E-state index contributed by atoms with van der Waals surface area (Å²) in [5, 5.41) is 5.21. The summed E-state index contributed by atoms with van der Waals surface area (Å²) in [7, 11) is 1.74. The van der Waals surface area contributed by atoms with Crippen molar-refractivity contribution in [2.24, 2.45) is 5.92 Å². The SMILES string of the molecule is COc1c(C)cccc1CN1CCC[C@H]([C@H](NC(=O)c2cccs2)c2ccccn2)C1. The number of methoxy groups -OCH3 is 1. The van der Waals surface area contributed by atoms with Crippen LogP contribution in [0.3, 0.4) is 0 Å². The van der Waals surface area contributed by atoms with Gasteiger partial charge in [0.2, 0.25) is 0 Å². The zero-order valence-corrected chi connectivity index (χ0v) is 18.9. The molecule has 1 aliphatic heterocycles. The molecule has 0 aliphatic carbocycles. The number of nitrogens with one attached hydrogen (secondary N) is 1. The molecule has 5 nitrogen and oxygen atoms in total. The van der Waals surface area contributed by atoms with Crippen LogP contribution in [0.15, 0.2) is 60.1 Å². The van der Waals surface area contributed by atoms with E-state index in [2.05, 4.69) is 40.3 Å². The summed E-state index contributed by atoms with van der Waals surface area (Å²) in [6, 6.07) is 15.9. The number of benzene rings is 1. The highest BCUT2D eigenvalue weighted by molar-refractivity contribution is 7.12. The summed E-state index contributed by atoms with van der Waals surface area (Å²) in [4.78, 5) is 20.7. The predicted octanol–water partition coefficient (Wildman–Crippen LogP) is 4.84. The van der Waals surface area contributed by atoms with E-state index in [1.807, 2.05) is 35.7 Å². The minimum Gasteiger partial charge on any atom is -0.496 e. The Kier molecular flexibility index (Phi) is 6.99. The van der Waals surface area contributed by atoms with Crippen molar-refractivity contribution in [2.75, 3.05) is 20.2 Å². The number of para-hydroxylation sites is 1. The van der Waals surface area contributed by atoms with Gasteiger partial charge < -0.3 is 10.1 Å². The first kappa shape index (κ1) is 21.5. The number of thiophene rings is 1. The van der Waals surface area contributed by atoms with E-state index in [0.29, 0.717) is 5.92 Å². The number of hydrogen-bond acceptors (Lipinski definition) is 5. The second-order valence-corrected chi connectivity index (χ2v) is 9.04. The van der Waals surface area contributed by atoms with E-state index >= 15 is 0 Å². The summed E-state index contributed by atoms with van der Waals surface area (Å²) in [6.45, 7) is 4.87. The zero-order valence-electron chi connectivity index (χ0n) is 18.1. The topological polar surface area (TPSA) is 54.5 Å². The molecule has 1 amide bonds. The van der Waals surface area contributed by atoms with Crippen LogP contribution in [-0.2, 0) is 6.54 Å². The molecule has 0 radical (unpaired) electrons. The fraction of sp³-hybridized carbons (Fsp3) is 0.360. The van der Waals surface area contributed by atoms with Gasteiger partial charge in [-0.05, 0) is 61.4 Å². The van der Waals surface area contributed by atoms with Crippen molar-refractivity contribution in [3.8, 4) is 5.75 Å². The van der Waals surface area contributed by atoms with Crippen LogP contribution in [0.2, 0.25) is 0 Å². The van der Waals surface area contributed by atoms with Crippen LogP contribution < -0.4 is 10.1 Å². The number of carbonyl (C=O) groups excluding carboxylic acids is 1. The molecule has 1 aliphatic rings. The standard InChI is InChI=1S/C25H29N3O2S/c1-18-8-5-9-20(24(18)30-2)17-28-14-6-10-19(16-28)23(21-11-3-4-13-26-21)27-25(29)22-12-7-15-31-22/h3-5,7-9,11-13,15,19,23H,6,10,14,16-17H2,1-2H3,(H,27,29)/t19-,23-/m0/s1. The largest absolute Gasteiger partial charge is 0.496 e. The van der Waals surface area contributed by atoms with Gasteiger partial charge in [-0.1, -0.05) is 30.3 Å². The van der Waals surface area contributed by atoms with Gasteiger partial charge in [0.25, 0.3) is 5.91 Å². The second kappa shape index (κ2) is 10.1. The van der Waals surface area contributed by atoms with Crippen molar-refractivity contribution in [1.82, 2.24) is 15.2 Å². The lowest BCUT2D eigenvalue weighted by Gasteiger charge is -2.37. The van der Waals surface area contributed by atoms with Crippen LogP contribution in [0.1, 0.15) is 45.4 Å². The average molecular weight is 436 g/mol. The van der Waals surface area contributed by atoms with Gasteiger partial charge in [-0.25, -0.2) is 0 Å². The van der Waals surface area contributed by atoms with Crippen LogP contribution in [0.4, 0.5) is 0 Å². The number of pyridine rings is 1. The quantitative estimate of drug-likeness (QED) is 0.577. The van der Waals surface area contributed by atoms with Crippen molar-refractivity contribution >= 4 is 17.2 Å². The lowest BCUT2D eigenvalue weighted by molar-refractivity contribution is 0.0878. The summed E-state index contributed by atoms with van der Waals surface area (Å²) in [5.74, 6) is 1.24. The molecule has 0 unspecified atom stereocenters. The Morgan fingerprint density at radius 1 is 1.26 bits per heavy atom. The highest BCUT2D eigenvalue weighted by Gasteiger charge is 2.31. The highest BCUT2D eigenvalue weighted by Crippen LogP contribution is 2.32. The maximum Gasteiger partial charge on any atom is 0.261 e. The first-order valence-electron chi connectivity index (χ1n) is 10.8. The van der Waals surface area contributed by atoms with Crippen LogP contribution in [-0.4, -0.2) is 36.0 Å². The van der Waals surface area contributed by atoms with E-state index in [9.17, 15) is 4.79 Å². The molecule has 1 aromatic carbocycles. The molecule has 3 heterocycles. The Balaban J connectivity index is 1.53. The van der Waals surface area contributed by atoms with Crippen molar-refractivity contribution < 1.29 is 9.53 Å². The molecule has 6 heteroatoms. The van der Waals surface area contributed by atoms with Gasteiger partial charge in [0, 0.05) is 24.8 Å². The third kappa shape index (κ3) is 5.14. The van der Waals surface area contributed by atoms with Crippen LogP contribution in [0.25, 0.3) is 0 Å². The van der Waals surface area contributed by atoms with E-state index in [0.717, 1.165) is 54.4 Å². The van der Waals surface area contributed by atoms with Crippen molar-refractivity contribution in [3.05, 3.63) is 81.8 Å². The van der Waals surface area contributed by atoms with Crippen LogP contribution in [0, 0.1) is 12.8 Å². The molecular formula is C25H29N3O2S. The Hall–Kier alpha value is -2.70. The smallest absolute Gasteiger partial charge is 0.261 e. The monoisotopic (exact) mass is 435 g/mol. The average Bonchev–Trinajstić information content (AvgIpc) is 3.33. The summed E-state index contributed by atoms with van der Waals surface area (Å²) >= 11 is 1.47. The molecule has 1 fully saturated rings. The predicted molar refractivity (Wildman–Crippen MR) is 124 cm³/mol. The fourth-order valence-corrected chi connectivity index (χ4v) is 5.12. The first-order valence-corrected chi connectivity index (χ1v) is 11.6. The Morgan fingerprint density at radius 3 is 2.90 bits per heavy atom. The third-order valence-electron chi connectivity index (χ3n) is 5.94. The summed E-state index contributed by atoms with van der Waals surface area (Å²) < 4.78 is 5.66. The summed E-state index contributed by atoms with van der Waals surface area (Å²) in [5.41, 5.74) is 3.29. The molecule has 0 bridgehead atoms. The number of nitrogens with zero attached hydrogens (tertiary/aromatic N) is 2. The van der Waals surface area contributed by atoms with Gasteiger partial charge in [0.05, 0.1) is 23.7 Å². The maximum atomic E-state index is 12.9. The van der Waals surface area contributed by atoms with Gasteiger partial charge in [-0.15, -0.1) is 11.3 Å². The van der Waals surface area contributed by atoms with Crippen LogP contribution >= 0.6 is 11.3 Å². The van der Waals surface area contributed by atoms with E-state index in [-0.39, 0.29) is 11.9 Å². The molecule has 2 aromatic heterocycles. The van der Waals surface area contributed by atoms with Gasteiger partial charge in [-0.3, -0.25) is 14.7 Å². The molecule has 2 atom stereocenters. The number of aryl methyl sites for hydroxylation is 1. The highest BCUT2D eigenvalue weighted by atomic mass is 32.1. The van der Waals surface area contributed by atoms with Gasteiger partial charge >= 0.3 is 0 Å². The summed E-state index contributed by atoms with van der Waals surface area (Å²) in [6.07, 6.45) is 3.96. The normalized spacial score (nSPS) is 17.8. The number of carbonyl (C=O) groups is 1. The number of amides is 1. The second-order valence-electron chi connectivity index (χ2n) is 8.09. The molecule has 31 heavy (non-hydrogen) atoms. The number of likely N-dealkylation sites (tertiary alicyclic amines) is 1. The lowest BCUT2D eigenvalue weighted by Crippen LogP contribution is -2.43. The van der Waals surface area contributed by atoms with Gasteiger partial charge in [-0.2, -0.15) is 0 Å². The minimum absolute atomic E-state index is 0.0249. The first-order chi connectivity index (χ1) is 15.2. The fourth-order valence-electron chi connectivity index (χ4n) is 4.49. The number of piperidine rings is 1. The van der Waals surface area contributed by atoms with Crippen molar-refractivity contribution in [1.29, 1.82) is 0 Å². The molecule has 162 valence electrons. The molecule has 1 N–H and O–H groups in total. The number of hydrogen-bond donors (Lipinski definition) is 1.